The first-order valence-corrected chi connectivity index (χ1v) is 7.15. The molecule has 4 N–H and O–H groups in total. The number of nitrogen functional groups attached to an aromatic ring is 1. The summed E-state index contributed by atoms with van der Waals surface area (Å²) in [5.41, 5.74) is 5.01. The average Bonchev–Trinajstić information content (AvgIpc) is 2.70. The lowest BCUT2D eigenvalue weighted by molar-refractivity contribution is -0.117. The molecule has 2 aliphatic heterocycles. The Morgan fingerprint density at radius 1 is 1.52 bits per heavy atom. The van der Waals surface area contributed by atoms with Crippen LogP contribution in [-0.2, 0) is 18.6 Å². The van der Waals surface area contributed by atoms with E-state index >= 15 is 0 Å². The van der Waals surface area contributed by atoms with Crippen LogP contribution in [0.3, 0.4) is 0 Å². The van der Waals surface area contributed by atoms with Crippen LogP contribution < -0.4 is 11.4 Å². The zero-order chi connectivity index (χ0) is 15.3. The van der Waals surface area contributed by atoms with E-state index in [1.165, 1.54) is 13.2 Å². The van der Waals surface area contributed by atoms with E-state index in [1.54, 1.807) is 0 Å². The summed E-state index contributed by atoms with van der Waals surface area (Å²) in [4.78, 5) is 24.5. The minimum absolute atomic E-state index is 0.0359. The minimum Gasteiger partial charge on any atom is -0.384 e. The second kappa shape index (κ2) is 5.09. The molecule has 1 aromatic heterocycles. The third-order valence-corrected chi connectivity index (χ3v) is 4.01. The van der Waals surface area contributed by atoms with Gasteiger partial charge < -0.3 is 20.3 Å². The summed E-state index contributed by atoms with van der Waals surface area (Å²) in [6.07, 6.45) is -4.99. The Bertz CT molecular complexity index is 650. The van der Waals surface area contributed by atoms with Crippen molar-refractivity contribution in [2.75, 3.05) is 12.8 Å². The molecule has 3 rings (SSSR count). The van der Waals surface area contributed by atoms with Crippen molar-refractivity contribution >= 4 is 14.1 Å². The summed E-state index contributed by atoms with van der Waals surface area (Å²) in [5, 5.41) is 10.3. The van der Waals surface area contributed by atoms with Crippen molar-refractivity contribution in [1.82, 2.24) is 9.55 Å². The standard InChI is InChI=1S/C10H12N3O7P/c1-18-8-7(20-21(16)17)6-5(14)3-2-4(11)12-10(15)13(3)9(8)19-6/h2,5-9,14H,1H3,(H2-,11,12,15,16,17)/p+1/t5-,6?,7?,8?,9?/m1/s1. The first-order chi connectivity index (χ1) is 9.93. The van der Waals surface area contributed by atoms with Gasteiger partial charge in [-0.25, -0.2) is 4.79 Å². The Balaban J connectivity index is 2.12. The Hall–Kier alpha value is -1.42. The van der Waals surface area contributed by atoms with Gasteiger partial charge in [0.15, 0.2) is 12.3 Å². The van der Waals surface area contributed by atoms with Crippen molar-refractivity contribution in [3.05, 3.63) is 22.2 Å². The molecular weight excluding hydrogens is 305 g/mol. The van der Waals surface area contributed by atoms with Gasteiger partial charge in [0.25, 0.3) is 0 Å². The molecule has 6 atom stereocenters. The van der Waals surface area contributed by atoms with Crippen LogP contribution in [0.15, 0.2) is 10.9 Å². The highest BCUT2D eigenvalue weighted by molar-refractivity contribution is 7.32. The zero-order valence-electron chi connectivity index (χ0n) is 10.8. The fraction of sp³-hybridized carbons (Fsp3) is 0.600. The number of anilines is 1. The van der Waals surface area contributed by atoms with Gasteiger partial charge in [-0.3, -0.25) is 4.57 Å². The molecule has 21 heavy (non-hydrogen) atoms. The molecule has 0 aliphatic carbocycles. The quantitative estimate of drug-likeness (QED) is 0.586. The van der Waals surface area contributed by atoms with Crippen LogP contribution in [-0.4, -0.2) is 45.0 Å². The molecule has 114 valence electrons. The third-order valence-electron chi connectivity index (χ3n) is 3.58. The van der Waals surface area contributed by atoms with E-state index in [2.05, 4.69) is 4.98 Å². The number of aliphatic hydroxyl groups is 1. The maximum absolute atomic E-state index is 12.0. The number of methoxy groups -OCH3 is 1. The van der Waals surface area contributed by atoms with Gasteiger partial charge >= 0.3 is 13.9 Å². The van der Waals surface area contributed by atoms with Crippen LogP contribution in [0.25, 0.3) is 0 Å². The molecule has 2 aliphatic rings. The van der Waals surface area contributed by atoms with Crippen molar-refractivity contribution in [1.29, 1.82) is 0 Å². The van der Waals surface area contributed by atoms with Crippen molar-refractivity contribution < 1.29 is 28.6 Å². The van der Waals surface area contributed by atoms with Gasteiger partial charge in [-0.15, -0.1) is 9.42 Å². The largest absolute Gasteiger partial charge is 0.695 e. The number of ether oxygens (including phenoxy) is 2. The van der Waals surface area contributed by atoms with Crippen molar-refractivity contribution in [3.8, 4) is 0 Å². The van der Waals surface area contributed by atoms with Crippen molar-refractivity contribution in [2.24, 2.45) is 0 Å². The smallest absolute Gasteiger partial charge is 0.384 e. The summed E-state index contributed by atoms with van der Waals surface area (Å²) in [5.74, 6) is -0.0359. The molecule has 1 aromatic rings. The SMILES string of the molecule is COC1C(O[P+](=O)O)C2OC1n1c(cc(N)nc1=O)[C@H]2O. The topological polar surface area (TPSA) is 146 Å². The molecule has 11 heteroatoms. The van der Waals surface area contributed by atoms with Crippen LogP contribution >= 0.6 is 8.25 Å². The molecule has 0 radical (unpaired) electrons. The van der Waals surface area contributed by atoms with Gasteiger partial charge in [-0.2, -0.15) is 4.98 Å². The number of aromatic nitrogens is 2. The Kier molecular flexibility index (Phi) is 3.52. The number of nitrogens with two attached hydrogens (primary N) is 1. The van der Waals surface area contributed by atoms with Crippen LogP contribution in [0.5, 0.6) is 0 Å². The lowest BCUT2D eigenvalue weighted by atomic mass is 10.0. The maximum atomic E-state index is 12.0. The number of hydrogen-bond donors (Lipinski definition) is 3. The lowest BCUT2D eigenvalue weighted by Crippen LogP contribution is -2.39. The number of rotatable bonds is 3. The van der Waals surface area contributed by atoms with Crippen LogP contribution in [0.4, 0.5) is 5.82 Å². The summed E-state index contributed by atoms with van der Waals surface area (Å²) in [6, 6.07) is 1.35. The molecule has 1 fully saturated rings. The number of hydrogen-bond acceptors (Lipinski definition) is 8. The third kappa shape index (κ3) is 2.16. The molecule has 5 unspecified atom stereocenters. The molecule has 2 bridgehead atoms. The van der Waals surface area contributed by atoms with E-state index in [-0.39, 0.29) is 11.5 Å². The predicted molar refractivity (Wildman–Crippen MR) is 67.3 cm³/mol. The molecular formula is C10H13N3O7P+. The summed E-state index contributed by atoms with van der Waals surface area (Å²) in [6.45, 7) is 0. The van der Waals surface area contributed by atoms with Gasteiger partial charge in [0.05, 0.1) is 5.69 Å². The van der Waals surface area contributed by atoms with Crippen LogP contribution in [0, 0.1) is 0 Å². The van der Waals surface area contributed by atoms with Crippen molar-refractivity contribution in [2.45, 2.75) is 30.6 Å². The molecule has 1 saturated heterocycles. The number of fused-ring (bicyclic) bond motifs is 4. The lowest BCUT2D eigenvalue weighted by Gasteiger charge is -2.29. The van der Waals surface area contributed by atoms with Crippen molar-refractivity contribution in [3.63, 3.8) is 0 Å². The Labute approximate surface area is 119 Å². The summed E-state index contributed by atoms with van der Waals surface area (Å²) < 4.78 is 27.7. The highest BCUT2D eigenvalue weighted by atomic mass is 31.1. The van der Waals surface area contributed by atoms with E-state index in [0.29, 0.717) is 0 Å². The highest BCUT2D eigenvalue weighted by Gasteiger charge is 2.58. The zero-order valence-corrected chi connectivity index (χ0v) is 11.7. The predicted octanol–water partition coefficient (Wildman–Crippen LogP) is -1.18. The monoisotopic (exact) mass is 318 g/mol. The minimum atomic E-state index is -2.93. The van der Waals surface area contributed by atoms with Gasteiger partial charge in [0.1, 0.15) is 24.1 Å². The fourth-order valence-corrected chi connectivity index (χ4v) is 3.23. The number of aliphatic hydroxyl groups excluding tert-OH is 1. The normalized spacial score (nSPS) is 34.6. The van der Waals surface area contributed by atoms with Gasteiger partial charge in [0, 0.05) is 17.7 Å². The summed E-state index contributed by atoms with van der Waals surface area (Å²) >= 11 is 0. The fourth-order valence-electron chi connectivity index (χ4n) is 2.78. The highest BCUT2D eigenvalue weighted by Crippen LogP contribution is 2.45. The van der Waals surface area contributed by atoms with Crippen LogP contribution in [0.1, 0.15) is 18.0 Å². The van der Waals surface area contributed by atoms with E-state index in [1.807, 2.05) is 0 Å². The second-order valence-electron chi connectivity index (χ2n) is 4.70. The molecule has 0 aromatic carbocycles. The average molecular weight is 318 g/mol. The molecule has 0 spiro atoms. The maximum Gasteiger partial charge on any atom is 0.695 e. The first kappa shape index (κ1) is 14.5. The molecule has 0 saturated carbocycles. The second-order valence-corrected chi connectivity index (χ2v) is 5.39. The van der Waals surface area contributed by atoms with Gasteiger partial charge in [-0.1, -0.05) is 0 Å². The summed E-state index contributed by atoms with van der Waals surface area (Å²) in [7, 11) is -1.58. The van der Waals surface area contributed by atoms with E-state index < -0.39 is 44.6 Å². The Morgan fingerprint density at radius 3 is 2.86 bits per heavy atom. The van der Waals surface area contributed by atoms with Gasteiger partial charge in [0.2, 0.25) is 0 Å². The molecule has 10 nitrogen and oxygen atoms in total. The van der Waals surface area contributed by atoms with Crippen LogP contribution in [0.2, 0.25) is 0 Å². The Morgan fingerprint density at radius 2 is 2.24 bits per heavy atom. The number of nitrogens with zero attached hydrogens (tertiary/aromatic N) is 2. The van der Waals surface area contributed by atoms with E-state index in [9.17, 15) is 14.5 Å². The first-order valence-electron chi connectivity index (χ1n) is 6.02. The van der Waals surface area contributed by atoms with Gasteiger partial charge in [-0.05, 0) is 0 Å². The molecule has 0 amide bonds. The van der Waals surface area contributed by atoms with E-state index in [0.717, 1.165) is 4.57 Å². The molecule has 3 heterocycles. The van der Waals surface area contributed by atoms with E-state index in [4.69, 9.17) is 24.6 Å².